The van der Waals surface area contributed by atoms with Crippen molar-refractivity contribution < 1.29 is 4.79 Å². The number of hydrogen-bond acceptors (Lipinski definition) is 4. The Morgan fingerprint density at radius 1 is 0.909 bits per heavy atom. The van der Waals surface area contributed by atoms with Gasteiger partial charge < -0.3 is 10.2 Å². The van der Waals surface area contributed by atoms with E-state index in [4.69, 9.17) is 0 Å². The number of hydrogen-bond donors (Lipinski definition) is 1. The van der Waals surface area contributed by atoms with Crippen molar-refractivity contribution >= 4 is 11.6 Å². The zero-order chi connectivity index (χ0) is 23.0. The van der Waals surface area contributed by atoms with Crippen LogP contribution in [-0.2, 0) is 24.8 Å². The first-order valence-corrected chi connectivity index (χ1v) is 11.7. The molecule has 1 spiro atoms. The van der Waals surface area contributed by atoms with E-state index in [1.165, 1.54) is 0 Å². The lowest BCUT2D eigenvalue weighted by molar-refractivity contribution is -0.125. The van der Waals surface area contributed by atoms with E-state index in [9.17, 15) is 9.59 Å². The number of benzene rings is 2. The molecular formula is C26H31N5O2. The second-order valence-electron chi connectivity index (χ2n) is 8.99. The predicted octanol–water partition coefficient (Wildman–Crippen LogP) is 2.67. The maximum Gasteiger partial charge on any atom is 0.274 e. The molecule has 0 radical (unpaired) electrons. The molecule has 1 amide bonds. The van der Waals surface area contributed by atoms with E-state index < -0.39 is 5.54 Å². The molecule has 1 N–H and O–H groups in total. The van der Waals surface area contributed by atoms with Crippen LogP contribution in [0.2, 0.25) is 0 Å². The van der Waals surface area contributed by atoms with Crippen molar-refractivity contribution in [3.8, 4) is 5.69 Å². The molecule has 0 atom stereocenters. The summed E-state index contributed by atoms with van der Waals surface area (Å²) in [5.74, 6) is 0.128. The second-order valence-corrected chi connectivity index (χ2v) is 8.99. The number of anilines is 1. The smallest absolute Gasteiger partial charge is 0.274 e. The summed E-state index contributed by atoms with van der Waals surface area (Å²) in [6.07, 6.45) is 2.23. The molecule has 7 nitrogen and oxygen atoms in total. The average Bonchev–Trinajstić information content (AvgIpc) is 3.29. The molecule has 2 aliphatic rings. The van der Waals surface area contributed by atoms with Crippen molar-refractivity contribution in [3.05, 3.63) is 82.3 Å². The van der Waals surface area contributed by atoms with Crippen molar-refractivity contribution in [2.24, 2.45) is 7.05 Å². The molecule has 1 aromatic heterocycles. The van der Waals surface area contributed by atoms with Gasteiger partial charge in [-0.2, -0.15) is 0 Å². The Labute approximate surface area is 194 Å². The van der Waals surface area contributed by atoms with Crippen LogP contribution >= 0.6 is 0 Å². The van der Waals surface area contributed by atoms with Crippen LogP contribution in [-0.4, -0.2) is 45.5 Å². The van der Waals surface area contributed by atoms with Gasteiger partial charge in [0.1, 0.15) is 5.54 Å². The normalized spacial score (nSPS) is 18.1. The summed E-state index contributed by atoms with van der Waals surface area (Å²) in [6, 6.07) is 20.0. The highest BCUT2D eigenvalue weighted by Crippen LogP contribution is 2.36. The van der Waals surface area contributed by atoms with Crippen LogP contribution in [0.3, 0.4) is 0 Å². The highest BCUT2D eigenvalue weighted by molar-refractivity contribution is 5.93. The molecular weight excluding hydrogens is 414 g/mol. The molecule has 3 aromatic rings. The first kappa shape index (κ1) is 21.5. The molecule has 5 rings (SSSR count). The fourth-order valence-electron chi connectivity index (χ4n) is 5.44. The molecule has 0 unspecified atom stereocenters. The first-order chi connectivity index (χ1) is 16.0. The maximum atomic E-state index is 13.2. The van der Waals surface area contributed by atoms with Gasteiger partial charge in [0.15, 0.2) is 0 Å². The molecule has 0 saturated carbocycles. The number of carbonyl (C=O) groups excluding carboxylic acids is 1. The highest BCUT2D eigenvalue weighted by atomic mass is 16.2. The zero-order valence-electron chi connectivity index (χ0n) is 19.3. The van der Waals surface area contributed by atoms with Crippen molar-refractivity contribution in [1.82, 2.24) is 19.6 Å². The summed E-state index contributed by atoms with van der Waals surface area (Å²) in [5, 5.41) is 3.07. The summed E-state index contributed by atoms with van der Waals surface area (Å²) < 4.78 is 3.76. The Morgan fingerprint density at radius 3 is 2.12 bits per heavy atom. The van der Waals surface area contributed by atoms with E-state index in [0.717, 1.165) is 48.6 Å². The van der Waals surface area contributed by atoms with Crippen LogP contribution in [0.15, 0.2) is 65.5 Å². The lowest BCUT2D eigenvalue weighted by Crippen LogP contribution is -2.56. The maximum absolute atomic E-state index is 13.2. The van der Waals surface area contributed by atoms with Crippen molar-refractivity contribution in [3.63, 3.8) is 0 Å². The average molecular weight is 446 g/mol. The molecule has 2 saturated heterocycles. The Kier molecular flexibility index (Phi) is 5.58. The number of rotatable bonds is 5. The number of likely N-dealkylation sites (tertiary alicyclic amines) is 1. The number of nitrogens with zero attached hydrogens (tertiary/aromatic N) is 4. The highest BCUT2D eigenvalue weighted by Gasteiger charge is 2.50. The molecule has 33 heavy (non-hydrogen) atoms. The number of piperidine rings is 1. The number of para-hydroxylation sites is 2. The van der Waals surface area contributed by atoms with Crippen molar-refractivity contribution in [2.75, 3.05) is 24.7 Å². The number of nitrogens with one attached hydrogen (secondary N) is 1. The summed E-state index contributed by atoms with van der Waals surface area (Å²) >= 11 is 0. The van der Waals surface area contributed by atoms with Gasteiger partial charge in [0.25, 0.3) is 5.56 Å². The minimum Gasteiger partial charge on any atom is -0.339 e. The van der Waals surface area contributed by atoms with E-state index in [0.29, 0.717) is 19.6 Å². The van der Waals surface area contributed by atoms with Gasteiger partial charge in [0, 0.05) is 37.9 Å². The van der Waals surface area contributed by atoms with E-state index >= 15 is 0 Å². The van der Waals surface area contributed by atoms with Gasteiger partial charge in [0.2, 0.25) is 5.91 Å². The minimum absolute atomic E-state index is 0.0557. The molecule has 0 bridgehead atoms. The van der Waals surface area contributed by atoms with Crippen LogP contribution < -0.4 is 15.8 Å². The topological polar surface area (TPSA) is 62.5 Å². The largest absolute Gasteiger partial charge is 0.339 e. The van der Waals surface area contributed by atoms with Gasteiger partial charge in [0.05, 0.1) is 18.1 Å². The van der Waals surface area contributed by atoms with Crippen LogP contribution in [0.25, 0.3) is 5.69 Å². The molecule has 2 aromatic carbocycles. The molecule has 2 aliphatic heterocycles. The Morgan fingerprint density at radius 2 is 1.52 bits per heavy atom. The standard InChI is InChI=1S/C26H31N5O2/c1-3-22-23(28(2)31(24(22)32)21-12-8-5-9-13-21)18-29-16-14-26(15-17-29)25(33)27-19-30(26)20-10-6-4-7-11-20/h4-13H,3,14-19H2,1-2H3,(H,27,33). The zero-order valence-corrected chi connectivity index (χ0v) is 19.3. The van der Waals surface area contributed by atoms with Gasteiger partial charge in [-0.3, -0.25) is 19.2 Å². The molecule has 0 aliphatic carbocycles. The number of amides is 1. The fourth-order valence-corrected chi connectivity index (χ4v) is 5.44. The number of carbonyl (C=O) groups is 1. The lowest BCUT2D eigenvalue weighted by Gasteiger charge is -2.43. The third-order valence-corrected chi connectivity index (χ3v) is 7.31. The number of aromatic nitrogens is 2. The molecule has 2 fully saturated rings. The van der Waals surface area contributed by atoms with E-state index in [1.54, 1.807) is 4.68 Å². The van der Waals surface area contributed by atoms with E-state index in [2.05, 4.69) is 27.2 Å². The van der Waals surface area contributed by atoms with Crippen LogP contribution in [0.4, 0.5) is 5.69 Å². The Hall–Kier alpha value is -3.32. The monoisotopic (exact) mass is 445 g/mol. The summed E-state index contributed by atoms with van der Waals surface area (Å²) in [7, 11) is 1.97. The molecule has 172 valence electrons. The Bertz CT molecular complexity index is 1190. The summed E-state index contributed by atoms with van der Waals surface area (Å²) in [5.41, 5.74) is 3.45. The van der Waals surface area contributed by atoms with Gasteiger partial charge in [-0.05, 0) is 43.5 Å². The third-order valence-electron chi connectivity index (χ3n) is 7.31. The molecule has 3 heterocycles. The fraction of sp³-hybridized carbons (Fsp3) is 0.385. The first-order valence-electron chi connectivity index (χ1n) is 11.7. The van der Waals surface area contributed by atoms with Crippen LogP contribution in [0.1, 0.15) is 31.0 Å². The quantitative estimate of drug-likeness (QED) is 0.656. The second kappa shape index (κ2) is 8.56. The predicted molar refractivity (Wildman–Crippen MR) is 130 cm³/mol. The van der Waals surface area contributed by atoms with Crippen LogP contribution in [0.5, 0.6) is 0 Å². The van der Waals surface area contributed by atoms with Gasteiger partial charge in [-0.25, -0.2) is 4.68 Å². The summed E-state index contributed by atoms with van der Waals surface area (Å²) in [6.45, 7) is 4.92. The van der Waals surface area contributed by atoms with Crippen molar-refractivity contribution in [1.29, 1.82) is 0 Å². The third kappa shape index (κ3) is 3.56. The minimum atomic E-state index is -0.493. The lowest BCUT2D eigenvalue weighted by atomic mass is 9.85. The SMILES string of the molecule is CCc1c(CN2CCC3(CC2)C(=O)NCN3c2ccccc2)n(C)n(-c2ccccc2)c1=O. The van der Waals surface area contributed by atoms with Gasteiger partial charge in [-0.15, -0.1) is 0 Å². The Balaban J connectivity index is 1.38. The van der Waals surface area contributed by atoms with Crippen molar-refractivity contribution in [2.45, 2.75) is 38.3 Å². The molecule has 7 heteroatoms. The summed E-state index contributed by atoms with van der Waals surface area (Å²) in [4.78, 5) is 30.7. The van der Waals surface area contributed by atoms with Gasteiger partial charge >= 0.3 is 0 Å². The van der Waals surface area contributed by atoms with Gasteiger partial charge in [-0.1, -0.05) is 43.3 Å². The van der Waals surface area contributed by atoms with E-state index in [1.807, 2.05) is 67.2 Å². The van der Waals surface area contributed by atoms with Crippen LogP contribution in [0, 0.1) is 0 Å². The van der Waals surface area contributed by atoms with E-state index in [-0.39, 0.29) is 11.5 Å².